The van der Waals surface area contributed by atoms with Gasteiger partial charge in [0.2, 0.25) is 5.91 Å². The Bertz CT molecular complexity index is 445. The topological polar surface area (TPSA) is 32.8 Å². The van der Waals surface area contributed by atoms with E-state index in [1.165, 1.54) is 0 Å². The Morgan fingerprint density at radius 1 is 1.30 bits per heavy atom. The highest BCUT2D eigenvalue weighted by Gasteiger charge is 2.18. The van der Waals surface area contributed by atoms with Crippen LogP contribution in [0.15, 0.2) is 29.2 Å². The molecule has 1 saturated heterocycles. The van der Waals surface area contributed by atoms with Crippen LogP contribution in [0.5, 0.6) is 5.75 Å². The molecule has 0 saturated carbocycles. The van der Waals surface area contributed by atoms with E-state index in [0.29, 0.717) is 6.42 Å². The number of carbonyl (C=O) groups excluding carboxylic acids is 1. The fraction of sp³-hybridized carbons (Fsp3) is 0.533. The zero-order chi connectivity index (χ0) is 14.4. The van der Waals surface area contributed by atoms with Gasteiger partial charge in [0, 0.05) is 43.2 Å². The molecule has 0 aromatic heterocycles. The average Bonchev–Trinajstić information content (AvgIpc) is 2.48. The van der Waals surface area contributed by atoms with E-state index in [9.17, 15) is 4.79 Å². The molecular formula is C15H22N2O2S. The van der Waals surface area contributed by atoms with E-state index in [-0.39, 0.29) is 5.91 Å². The normalized spacial score (nSPS) is 16.2. The molecule has 1 aromatic carbocycles. The number of piperazine rings is 1. The summed E-state index contributed by atoms with van der Waals surface area (Å²) >= 11 is 1.70. The van der Waals surface area contributed by atoms with E-state index in [0.717, 1.165) is 42.6 Å². The van der Waals surface area contributed by atoms with Gasteiger partial charge in [0.05, 0.1) is 7.11 Å². The second kappa shape index (κ2) is 7.55. The van der Waals surface area contributed by atoms with Crippen LogP contribution in [0.1, 0.15) is 6.42 Å². The highest BCUT2D eigenvalue weighted by atomic mass is 32.2. The molecular weight excluding hydrogens is 272 g/mol. The van der Waals surface area contributed by atoms with Crippen LogP contribution < -0.4 is 4.74 Å². The van der Waals surface area contributed by atoms with Crippen LogP contribution in [0.3, 0.4) is 0 Å². The molecule has 2 rings (SSSR count). The second-order valence-corrected chi connectivity index (χ2v) is 6.13. The highest BCUT2D eigenvalue weighted by Crippen LogP contribution is 2.23. The quantitative estimate of drug-likeness (QED) is 0.777. The number of hydrogen-bond acceptors (Lipinski definition) is 4. The van der Waals surface area contributed by atoms with Gasteiger partial charge in [-0.15, -0.1) is 11.8 Å². The van der Waals surface area contributed by atoms with Crippen LogP contribution >= 0.6 is 11.8 Å². The smallest absolute Gasteiger partial charge is 0.223 e. The van der Waals surface area contributed by atoms with Crippen molar-refractivity contribution in [3.05, 3.63) is 24.3 Å². The van der Waals surface area contributed by atoms with E-state index in [2.05, 4.69) is 11.9 Å². The van der Waals surface area contributed by atoms with Gasteiger partial charge in [-0.1, -0.05) is 6.07 Å². The maximum absolute atomic E-state index is 12.1. The van der Waals surface area contributed by atoms with Crippen molar-refractivity contribution in [3.8, 4) is 5.75 Å². The molecule has 0 radical (unpaired) electrons. The van der Waals surface area contributed by atoms with Crippen molar-refractivity contribution in [1.29, 1.82) is 0 Å². The summed E-state index contributed by atoms with van der Waals surface area (Å²) in [6, 6.07) is 7.96. The van der Waals surface area contributed by atoms with Gasteiger partial charge in [-0.2, -0.15) is 0 Å². The molecule has 20 heavy (non-hydrogen) atoms. The highest BCUT2D eigenvalue weighted by molar-refractivity contribution is 7.99. The lowest BCUT2D eigenvalue weighted by Gasteiger charge is -2.32. The molecule has 4 nitrogen and oxygen atoms in total. The Labute approximate surface area is 125 Å². The third-order valence-electron chi connectivity index (χ3n) is 3.48. The minimum absolute atomic E-state index is 0.272. The molecule has 1 fully saturated rings. The number of rotatable bonds is 5. The summed E-state index contributed by atoms with van der Waals surface area (Å²) in [6.45, 7) is 3.68. The third-order valence-corrected chi connectivity index (χ3v) is 4.48. The SMILES string of the molecule is COc1cccc(SCCC(=O)N2CCN(C)CC2)c1. The molecule has 0 aliphatic carbocycles. The van der Waals surface area contributed by atoms with E-state index in [1.54, 1.807) is 18.9 Å². The maximum atomic E-state index is 12.1. The molecule has 1 heterocycles. The molecule has 0 atom stereocenters. The molecule has 1 amide bonds. The Balaban J connectivity index is 1.73. The molecule has 0 spiro atoms. The summed E-state index contributed by atoms with van der Waals surface area (Å²) in [5.74, 6) is 1.95. The van der Waals surface area contributed by atoms with Crippen molar-refractivity contribution in [3.63, 3.8) is 0 Å². The Morgan fingerprint density at radius 2 is 2.05 bits per heavy atom. The maximum Gasteiger partial charge on any atom is 0.223 e. The fourth-order valence-corrected chi connectivity index (χ4v) is 3.05. The summed E-state index contributed by atoms with van der Waals surface area (Å²) in [7, 11) is 3.77. The lowest BCUT2D eigenvalue weighted by atomic mass is 10.3. The Morgan fingerprint density at radius 3 is 2.75 bits per heavy atom. The van der Waals surface area contributed by atoms with E-state index in [4.69, 9.17) is 4.74 Å². The van der Waals surface area contributed by atoms with Crippen molar-refractivity contribution in [1.82, 2.24) is 9.80 Å². The minimum Gasteiger partial charge on any atom is -0.497 e. The number of likely N-dealkylation sites (N-methyl/N-ethyl adjacent to an activating group) is 1. The number of thioether (sulfide) groups is 1. The number of carbonyl (C=O) groups is 1. The largest absolute Gasteiger partial charge is 0.497 e. The van der Waals surface area contributed by atoms with Gasteiger partial charge in [0.25, 0.3) is 0 Å². The number of ether oxygens (including phenoxy) is 1. The summed E-state index contributed by atoms with van der Waals surface area (Å²) < 4.78 is 5.19. The molecule has 1 aliphatic rings. The summed E-state index contributed by atoms with van der Waals surface area (Å²) in [5.41, 5.74) is 0. The van der Waals surface area contributed by atoms with Gasteiger partial charge < -0.3 is 14.5 Å². The van der Waals surface area contributed by atoms with Crippen molar-refractivity contribution in [2.24, 2.45) is 0 Å². The van der Waals surface area contributed by atoms with Gasteiger partial charge >= 0.3 is 0 Å². The summed E-state index contributed by atoms with van der Waals surface area (Å²) in [5, 5.41) is 0. The Hall–Kier alpha value is -1.20. The monoisotopic (exact) mass is 294 g/mol. The van der Waals surface area contributed by atoms with E-state index >= 15 is 0 Å². The number of benzene rings is 1. The zero-order valence-corrected chi connectivity index (χ0v) is 13.0. The van der Waals surface area contributed by atoms with Gasteiger partial charge in [-0.3, -0.25) is 4.79 Å². The Kier molecular flexibility index (Phi) is 5.73. The van der Waals surface area contributed by atoms with Gasteiger partial charge in [-0.05, 0) is 25.2 Å². The van der Waals surface area contributed by atoms with Crippen LogP contribution in [0.25, 0.3) is 0 Å². The van der Waals surface area contributed by atoms with Gasteiger partial charge in [0.1, 0.15) is 5.75 Å². The molecule has 110 valence electrons. The summed E-state index contributed by atoms with van der Waals surface area (Å²) in [6.07, 6.45) is 0.603. The first-order valence-corrected chi connectivity index (χ1v) is 7.91. The van der Waals surface area contributed by atoms with Crippen LogP contribution in [-0.4, -0.2) is 61.8 Å². The first kappa shape index (κ1) is 15.2. The van der Waals surface area contributed by atoms with Crippen LogP contribution in [0, 0.1) is 0 Å². The average molecular weight is 294 g/mol. The number of methoxy groups -OCH3 is 1. The zero-order valence-electron chi connectivity index (χ0n) is 12.2. The van der Waals surface area contributed by atoms with Crippen molar-refractivity contribution in [2.75, 3.05) is 46.1 Å². The number of hydrogen-bond donors (Lipinski definition) is 0. The van der Waals surface area contributed by atoms with E-state index in [1.807, 2.05) is 29.2 Å². The number of nitrogens with zero attached hydrogens (tertiary/aromatic N) is 2. The molecule has 1 aliphatic heterocycles. The fourth-order valence-electron chi connectivity index (χ4n) is 2.16. The molecule has 0 N–H and O–H groups in total. The third kappa shape index (κ3) is 4.42. The predicted octanol–water partition coefficient (Wildman–Crippen LogP) is 1.95. The minimum atomic E-state index is 0.272. The lowest BCUT2D eigenvalue weighted by molar-refractivity contribution is -0.132. The molecule has 0 unspecified atom stereocenters. The summed E-state index contributed by atoms with van der Waals surface area (Å²) in [4.78, 5) is 17.5. The predicted molar refractivity (Wildman–Crippen MR) is 82.4 cm³/mol. The van der Waals surface area contributed by atoms with Crippen molar-refractivity contribution in [2.45, 2.75) is 11.3 Å². The standard InChI is InChI=1S/C15H22N2O2S/c1-16-7-9-17(10-8-16)15(18)6-11-20-14-5-3-4-13(12-14)19-2/h3-5,12H,6-11H2,1-2H3. The van der Waals surface area contributed by atoms with Crippen LogP contribution in [-0.2, 0) is 4.79 Å². The molecule has 1 aromatic rings. The van der Waals surface area contributed by atoms with Crippen molar-refractivity contribution >= 4 is 17.7 Å². The van der Waals surface area contributed by atoms with Crippen LogP contribution in [0.4, 0.5) is 0 Å². The lowest BCUT2D eigenvalue weighted by Crippen LogP contribution is -2.47. The van der Waals surface area contributed by atoms with Crippen LogP contribution in [0.2, 0.25) is 0 Å². The first-order valence-electron chi connectivity index (χ1n) is 6.92. The van der Waals surface area contributed by atoms with Gasteiger partial charge in [0.15, 0.2) is 0 Å². The number of amides is 1. The molecule has 0 bridgehead atoms. The molecule has 5 heteroatoms. The van der Waals surface area contributed by atoms with Gasteiger partial charge in [-0.25, -0.2) is 0 Å². The van der Waals surface area contributed by atoms with Crippen molar-refractivity contribution < 1.29 is 9.53 Å². The first-order chi connectivity index (χ1) is 9.69. The second-order valence-electron chi connectivity index (χ2n) is 4.96. The van der Waals surface area contributed by atoms with E-state index < -0.39 is 0 Å².